The summed E-state index contributed by atoms with van der Waals surface area (Å²) in [4.78, 5) is 17.8. The van der Waals surface area contributed by atoms with Crippen LogP contribution in [0.2, 0.25) is 0 Å². The SMILES string of the molecule is CC(=O)N1CCCC(Cc2nc(C3CC3)no2)C1. The molecule has 1 atom stereocenters. The Morgan fingerprint density at radius 3 is 3.00 bits per heavy atom. The highest BCUT2D eigenvalue weighted by Crippen LogP contribution is 2.38. The maximum Gasteiger partial charge on any atom is 0.226 e. The van der Waals surface area contributed by atoms with Crippen LogP contribution in [0.4, 0.5) is 0 Å². The van der Waals surface area contributed by atoms with Crippen molar-refractivity contribution in [2.24, 2.45) is 5.92 Å². The molecule has 1 aromatic rings. The Morgan fingerprint density at radius 1 is 1.44 bits per heavy atom. The van der Waals surface area contributed by atoms with Crippen LogP contribution in [0.25, 0.3) is 0 Å². The number of nitrogens with zero attached hydrogens (tertiary/aromatic N) is 3. The van der Waals surface area contributed by atoms with E-state index >= 15 is 0 Å². The molecule has 1 aliphatic carbocycles. The maximum absolute atomic E-state index is 11.4. The molecule has 0 radical (unpaired) electrons. The van der Waals surface area contributed by atoms with Crippen LogP contribution >= 0.6 is 0 Å². The highest BCUT2D eigenvalue weighted by atomic mass is 16.5. The summed E-state index contributed by atoms with van der Waals surface area (Å²) in [5, 5.41) is 4.03. The van der Waals surface area contributed by atoms with E-state index in [1.165, 1.54) is 12.8 Å². The van der Waals surface area contributed by atoms with Gasteiger partial charge in [-0.15, -0.1) is 0 Å². The summed E-state index contributed by atoms with van der Waals surface area (Å²) < 4.78 is 5.30. The molecule has 5 heteroatoms. The Hall–Kier alpha value is -1.39. The van der Waals surface area contributed by atoms with Gasteiger partial charge in [0.25, 0.3) is 0 Å². The molecule has 0 bridgehead atoms. The number of hydrogen-bond donors (Lipinski definition) is 0. The molecule has 1 aliphatic heterocycles. The molecular weight excluding hydrogens is 230 g/mol. The number of carbonyl (C=O) groups excluding carboxylic acids is 1. The van der Waals surface area contributed by atoms with Gasteiger partial charge in [0.2, 0.25) is 11.8 Å². The summed E-state index contributed by atoms with van der Waals surface area (Å²) in [5.41, 5.74) is 0. The molecule has 3 rings (SSSR count). The van der Waals surface area contributed by atoms with E-state index in [1.54, 1.807) is 6.92 Å². The fourth-order valence-corrected chi connectivity index (χ4v) is 2.62. The molecule has 0 aromatic carbocycles. The third-order valence-corrected chi connectivity index (χ3v) is 3.85. The van der Waals surface area contributed by atoms with Crippen molar-refractivity contribution in [1.29, 1.82) is 0 Å². The zero-order chi connectivity index (χ0) is 12.5. The normalized spacial score (nSPS) is 24.3. The lowest BCUT2D eigenvalue weighted by Gasteiger charge is -2.31. The minimum absolute atomic E-state index is 0.170. The summed E-state index contributed by atoms with van der Waals surface area (Å²) >= 11 is 0. The molecule has 0 spiro atoms. The van der Waals surface area contributed by atoms with Gasteiger partial charge in [-0.1, -0.05) is 5.16 Å². The second-order valence-corrected chi connectivity index (χ2v) is 5.50. The summed E-state index contributed by atoms with van der Waals surface area (Å²) in [5.74, 6) is 2.80. The van der Waals surface area contributed by atoms with Crippen LogP contribution < -0.4 is 0 Å². The molecule has 2 aliphatic rings. The van der Waals surface area contributed by atoms with Crippen LogP contribution in [-0.2, 0) is 11.2 Å². The molecule has 1 unspecified atom stereocenters. The number of likely N-dealkylation sites (tertiary alicyclic amines) is 1. The Bertz CT molecular complexity index is 439. The van der Waals surface area contributed by atoms with E-state index in [1.807, 2.05) is 4.90 Å². The van der Waals surface area contributed by atoms with Crippen molar-refractivity contribution in [3.8, 4) is 0 Å². The second-order valence-electron chi connectivity index (χ2n) is 5.50. The minimum atomic E-state index is 0.170. The molecule has 2 heterocycles. The summed E-state index contributed by atoms with van der Waals surface area (Å²) in [7, 11) is 0. The minimum Gasteiger partial charge on any atom is -0.343 e. The van der Waals surface area contributed by atoms with Gasteiger partial charge in [-0.2, -0.15) is 4.98 Å². The van der Waals surface area contributed by atoms with Crippen molar-refractivity contribution in [2.45, 2.75) is 44.9 Å². The van der Waals surface area contributed by atoms with Crippen LogP contribution in [0.1, 0.15) is 50.2 Å². The standard InChI is InChI=1S/C13H19N3O2/c1-9(17)16-6-2-3-10(8-16)7-12-14-13(15-18-12)11-4-5-11/h10-11H,2-8H2,1H3. The van der Waals surface area contributed by atoms with E-state index in [9.17, 15) is 4.79 Å². The highest BCUT2D eigenvalue weighted by Gasteiger charge is 2.29. The molecular formula is C13H19N3O2. The molecule has 0 N–H and O–H groups in total. The van der Waals surface area contributed by atoms with Gasteiger partial charge in [0.15, 0.2) is 5.82 Å². The smallest absolute Gasteiger partial charge is 0.226 e. The van der Waals surface area contributed by atoms with Gasteiger partial charge in [0.05, 0.1) is 0 Å². The van der Waals surface area contributed by atoms with Gasteiger partial charge in [-0.25, -0.2) is 0 Å². The first-order chi connectivity index (χ1) is 8.72. The van der Waals surface area contributed by atoms with Crippen LogP contribution in [0.5, 0.6) is 0 Å². The second kappa shape index (κ2) is 4.71. The van der Waals surface area contributed by atoms with Crippen molar-refractivity contribution in [2.75, 3.05) is 13.1 Å². The predicted molar refractivity (Wildman–Crippen MR) is 65.0 cm³/mol. The average molecular weight is 249 g/mol. The molecule has 1 amide bonds. The monoisotopic (exact) mass is 249 g/mol. The van der Waals surface area contributed by atoms with E-state index in [0.717, 1.165) is 44.1 Å². The Labute approximate surface area is 107 Å². The molecule has 5 nitrogen and oxygen atoms in total. The topological polar surface area (TPSA) is 59.2 Å². The molecule has 98 valence electrons. The lowest BCUT2D eigenvalue weighted by atomic mass is 9.95. The molecule has 1 aromatic heterocycles. The van der Waals surface area contributed by atoms with Crippen molar-refractivity contribution >= 4 is 5.91 Å². The molecule has 2 fully saturated rings. The average Bonchev–Trinajstić information content (AvgIpc) is 3.11. The lowest BCUT2D eigenvalue weighted by Crippen LogP contribution is -2.39. The summed E-state index contributed by atoms with van der Waals surface area (Å²) in [6.07, 6.45) is 5.42. The highest BCUT2D eigenvalue weighted by molar-refractivity contribution is 5.73. The number of hydrogen-bond acceptors (Lipinski definition) is 4. The van der Waals surface area contributed by atoms with Gasteiger partial charge in [0.1, 0.15) is 0 Å². The van der Waals surface area contributed by atoms with E-state index in [2.05, 4.69) is 10.1 Å². The number of amides is 1. The Morgan fingerprint density at radius 2 is 2.28 bits per heavy atom. The third kappa shape index (κ3) is 2.54. The maximum atomic E-state index is 11.4. The van der Waals surface area contributed by atoms with Crippen molar-refractivity contribution < 1.29 is 9.32 Å². The van der Waals surface area contributed by atoms with Crippen LogP contribution in [0.3, 0.4) is 0 Å². The summed E-state index contributed by atoms with van der Waals surface area (Å²) in [6.45, 7) is 3.36. The summed E-state index contributed by atoms with van der Waals surface area (Å²) in [6, 6.07) is 0. The largest absolute Gasteiger partial charge is 0.343 e. The fraction of sp³-hybridized carbons (Fsp3) is 0.769. The van der Waals surface area contributed by atoms with Gasteiger partial charge < -0.3 is 9.42 Å². The quantitative estimate of drug-likeness (QED) is 0.818. The zero-order valence-electron chi connectivity index (χ0n) is 10.8. The van der Waals surface area contributed by atoms with Gasteiger partial charge >= 0.3 is 0 Å². The molecule has 18 heavy (non-hydrogen) atoms. The lowest BCUT2D eigenvalue weighted by molar-refractivity contribution is -0.130. The van der Waals surface area contributed by atoms with Crippen molar-refractivity contribution in [3.05, 3.63) is 11.7 Å². The van der Waals surface area contributed by atoms with Crippen LogP contribution in [-0.4, -0.2) is 34.0 Å². The number of carbonyl (C=O) groups is 1. The third-order valence-electron chi connectivity index (χ3n) is 3.85. The predicted octanol–water partition coefficient (Wildman–Crippen LogP) is 1.75. The van der Waals surface area contributed by atoms with E-state index < -0.39 is 0 Å². The number of rotatable bonds is 3. The van der Waals surface area contributed by atoms with Gasteiger partial charge in [-0.05, 0) is 31.6 Å². The zero-order valence-corrected chi connectivity index (χ0v) is 10.8. The first-order valence-corrected chi connectivity index (χ1v) is 6.80. The van der Waals surface area contributed by atoms with Gasteiger partial charge in [-0.3, -0.25) is 4.79 Å². The van der Waals surface area contributed by atoms with Crippen molar-refractivity contribution in [3.63, 3.8) is 0 Å². The van der Waals surface area contributed by atoms with E-state index in [0.29, 0.717) is 11.8 Å². The molecule has 1 saturated heterocycles. The van der Waals surface area contributed by atoms with Gasteiger partial charge in [0, 0.05) is 32.4 Å². The molecule has 1 saturated carbocycles. The Kier molecular flexibility index (Phi) is 3.06. The number of aromatic nitrogens is 2. The fourth-order valence-electron chi connectivity index (χ4n) is 2.62. The van der Waals surface area contributed by atoms with E-state index in [4.69, 9.17) is 4.52 Å². The van der Waals surface area contributed by atoms with E-state index in [-0.39, 0.29) is 5.91 Å². The number of piperidine rings is 1. The Balaban J connectivity index is 1.59. The first-order valence-electron chi connectivity index (χ1n) is 6.80. The van der Waals surface area contributed by atoms with Crippen LogP contribution in [0.15, 0.2) is 4.52 Å². The first kappa shape index (κ1) is 11.7. The van der Waals surface area contributed by atoms with Crippen molar-refractivity contribution in [1.82, 2.24) is 15.0 Å². The van der Waals surface area contributed by atoms with Crippen LogP contribution in [0, 0.1) is 5.92 Å².